The first kappa shape index (κ1) is 17.2. The molecule has 0 saturated carbocycles. The van der Waals surface area contributed by atoms with Crippen LogP contribution in [0, 0.1) is 6.92 Å². The maximum atomic E-state index is 13.2. The van der Waals surface area contributed by atoms with Crippen LogP contribution < -0.4 is 10.2 Å². The van der Waals surface area contributed by atoms with Crippen LogP contribution >= 0.6 is 11.8 Å². The lowest BCUT2D eigenvalue weighted by Crippen LogP contribution is -2.49. The molecule has 3 heterocycles. The fraction of sp³-hybridized carbons (Fsp3) is 0.471. The molecule has 26 heavy (non-hydrogen) atoms. The van der Waals surface area contributed by atoms with Gasteiger partial charge in [-0.1, -0.05) is 23.9 Å². The zero-order valence-electron chi connectivity index (χ0n) is 14.7. The summed E-state index contributed by atoms with van der Waals surface area (Å²) in [7, 11) is 1.64. The van der Waals surface area contributed by atoms with Gasteiger partial charge in [-0.25, -0.2) is 4.68 Å². The Morgan fingerprint density at radius 1 is 1.27 bits per heavy atom. The summed E-state index contributed by atoms with van der Waals surface area (Å²) in [5.41, 5.74) is 4.44. The second-order valence-electron chi connectivity index (χ2n) is 6.22. The fourth-order valence-corrected chi connectivity index (χ4v) is 4.38. The Kier molecular flexibility index (Phi) is 4.73. The molecule has 2 aliphatic rings. The number of morpholine rings is 1. The topological polar surface area (TPSA) is 81.5 Å². The number of ether oxygens (including phenoxy) is 2. The SMILES string of the molecule is COc1ccc(C2Nn3c(C)nnc3SC2C(=O)N2CCOCC2)cc1. The summed E-state index contributed by atoms with van der Waals surface area (Å²) in [6, 6.07) is 7.60. The van der Waals surface area contributed by atoms with E-state index in [0.29, 0.717) is 31.5 Å². The number of hydrogen-bond donors (Lipinski definition) is 1. The van der Waals surface area contributed by atoms with Crippen molar-refractivity contribution >= 4 is 17.7 Å². The Bertz CT molecular complexity index is 788. The highest BCUT2D eigenvalue weighted by Gasteiger charge is 2.39. The van der Waals surface area contributed by atoms with Crippen molar-refractivity contribution in [3.63, 3.8) is 0 Å². The minimum absolute atomic E-state index is 0.0959. The van der Waals surface area contributed by atoms with Crippen LogP contribution in [0.15, 0.2) is 29.4 Å². The standard InChI is InChI=1S/C17H21N5O3S/c1-11-18-19-17-22(11)20-14(12-3-5-13(24-2)6-4-12)15(26-17)16(23)21-7-9-25-10-8-21/h3-6,14-15,20H,7-10H2,1-2H3. The molecule has 1 N–H and O–H groups in total. The lowest BCUT2D eigenvalue weighted by atomic mass is 10.0. The molecule has 0 spiro atoms. The zero-order chi connectivity index (χ0) is 18.1. The molecular weight excluding hydrogens is 354 g/mol. The zero-order valence-corrected chi connectivity index (χ0v) is 15.5. The highest BCUT2D eigenvalue weighted by molar-refractivity contribution is 8.00. The van der Waals surface area contributed by atoms with E-state index in [1.807, 2.05) is 40.8 Å². The van der Waals surface area contributed by atoms with Crippen LogP contribution in [0.1, 0.15) is 17.4 Å². The average Bonchev–Trinajstić information content (AvgIpc) is 3.07. The number of carbonyl (C=O) groups excluding carboxylic acids is 1. The van der Waals surface area contributed by atoms with Gasteiger partial charge in [-0.15, -0.1) is 10.2 Å². The quantitative estimate of drug-likeness (QED) is 0.864. The van der Waals surface area contributed by atoms with Crippen LogP contribution in [0.25, 0.3) is 0 Å². The third-order valence-corrected chi connectivity index (χ3v) is 5.84. The number of amides is 1. The molecule has 2 unspecified atom stereocenters. The number of nitrogens with one attached hydrogen (secondary N) is 1. The fourth-order valence-electron chi connectivity index (χ4n) is 3.17. The van der Waals surface area contributed by atoms with Gasteiger partial charge in [0.25, 0.3) is 0 Å². The molecule has 1 aromatic heterocycles. The van der Waals surface area contributed by atoms with Gasteiger partial charge in [-0.05, 0) is 24.6 Å². The van der Waals surface area contributed by atoms with E-state index < -0.39 is 0 Å². The van der Waals surface area contributed by atoms with E-state index in [1.165, 1.54) is 11.8 Å². The maximum absolute atomic E-state index is 13.2. The van der Waals surface area contributed by atoms with E-state index >= 15 is 0 Å². The first-order valence-electron chi connectivity index (χ1n) is 8.53. The Hall–Kier alpha value is -2.26. The lowest BCUT2D eigenvalue weighted by Gasteiger charge is -2.37. The Morgan fingerprint density at radius 3 is 2.69 bits per heavy atom. The van der Waals surface area contributed by atoms with Crippen LogP contribution in [0.2, 0.25) is 0 Å². The van der Waals surface area contributed by atoms with Crippen LogP contribution in [-0.2, 0) is 9.53 Å². The van der Waals surface area contributed by atoms with Gasteiger partial charge in [0.1, 0.15) is 16.8 Å². The molecule has 0 aliphatic carbocycles. The molecule has 4 rings (SSSR count). The first-order chi connectivity index (χ1) is 12.7. The third-order valence-electron chi connectivity index (χ3n) is 4.64. The smallest absolute Gasteiger partial charge is 0.238 e. The van der Waals surface area contributed by atoms with E-state index in [-0.39, 0.29) is 17.2 Å². The molecule has 1 aromatic carbocycles. The number of fused-ring (bicyclic) bond motifs is 1. The van der Waals surface area contributed by atoms with Crippen LogP contribution in [0.3, 0.4) is 0 Å². The normalized spacial score (nSPS) is 22.5. The molecule has 1 amide bonds. The number of aryl methyl sites for hydroxylation is 1. The predicted octanol–water partition coefficient (Wildman–Crippen LogP) is 1.21. The molecule has 2 aliphatic heterocycles. The van der Waals surface area contributed by atoms with Crippen molar-refractivity contribution in [1.29, 1.82) is 0 Å². The molecule has 8 nitrogen and oxygen atoms in total. The number of hydrogen-bond acceptors (Lipinski definition) is 7. The van der Waals surface area contributed by atoms with Crippen LogP contribution in [-0.4, -0.2) is 64.3 Å². The number of carbonyl (C=O) groups is 1. The van der Waals surface area contributed by atoms with Gasteiger partial charge in [0.05, 0.1) is 26.4 Å². The molecular formula is C17H21N5O3S. The minimum atomic E-state index is -0.322. The summed E-state index contributed by atoms with van der Waals surface area (Å²) in [4.78, 5) is 15.1. The Balaban J connectivity index is 1.66. The molecule has 2 aromatic rings. The van der Waals surface area contributed by atoms with E-state index in [1.54, 1.807) is 7.11 Å². The van der Waals surface area contributed by atoms with Crippen molar-refractivity contribution in [3.8, 4) is 5.75 Å². The second kappa shape index (κ2) is 7.16. The number of aromatic nitrogens is 3. The Labute approximate surface area is 155 Å². The minimum Gasteiger partial charge on any atom is -0.497 e. The monoisotopic (exact) mass is 375 g/mol. The van der Waals surface area contributed by atoms with E-state index in [0.717, 1.165) is 17.1 Å². The van der Waals surface area contributed by atoms with Gasteiger partial charge >= 0.3 is 0 Å². The van der Waals surface area contributed by atoms with Crippen molar-refractivity contribution in [2.24, 2.45) is 0 Å². The summed E-state index contributed by atoms with van der Waals surface area (Å²) in [5.74, 6) is 1.65. The van der Waals surface area contributed by atoms with Gasteiger partial charge < -0.3 is 19.8 Å². The molecule has 2 atom stereocenters. The number of thioether (sulfide) groups is 1. The van der Waals surface area contributed by atoms with Gasteiger partial charge in [-0.2, -0.15) is 0 Å². The molecule has 0 bridgehead atoms. The van der Waals surface area contributed by atoms with E-state index in [2.05, 4.69) is 15.6 Å². The number of benzene rings is 1. The van der Waals surface area contributed by atoms with Gasteiger partial charge in [0, 0.05) is 13.1 Å². The molecule has 1 fully saturated rings. The van der Waals surface area contributed by atoms with Crippen molar-refractivity contribution in [1.82, 2.24) is 19.8 Å². The summed E-state index contributed by atoms with van der Waals surface area (Å²) in [5, 5.41) is 8.70. The lowest BCUT2D eigenvalue weighted by molar-refractivity contribution is -0.135. The van der Waals surface area contributed by atoms with Crippen molar-refractivity contribution in [2.75, 3.05) is 38.8 Å². The molecule has 1 saturated heterocycles. The summed E-state index contributed by atoms with van der Waals surface area (Å²) >= 11 is 1.46. The van der Waals surface area contributed by atoms with E-state index in [4.69, 9.17) is 9.47 Å². The molecule has 9 heteroatoms. The number of methoxy groups -OCH3 is 1. The van der Waals surface area contributed by atoms with Gasteiger partial charge in [0.2, 0.25) is 11.1 Å². The van der Waals surface area contributed by atoms with Gasteiger partial charge in [0.15, 0.2) is 0 Å². The summed E-state index contributed by atoms with van der Waals surface area (Å²) < 4.78 is 12.5. The first-order valence-corrected chi connectivity index (χ1v) is 9.41. The van der Waals surface area contributed by atoms with Crippen molar-refractivity contribution < 1.29 is 14.3 Å². The number of nitrogens with zero attached hydrogens (tertiary/aromatic N) is 4. The predicted molar refractivity (Wildman–Crippen MR) is 96.9 cm³/mol. The molecule has 138 valence electrons. The third kappa shape index (κ3) is 3.12. The highest BCUT2D eigenvalue weighted by Crippen LogP contribution is 2.38. The van der Waals surface area contributed by atoms with Gasteiger partial charge in [-0.3, -0.25) is 4.79 Å². The van der Waals surface area contributed by atoms with Crippen molar-refractivity contribution in [3.05, 3.63) is 35.7 Å². The summed E-state index contributed by atoms with van der Waals surface area (Å²) in [6.07, 6.45) is 0. The van der Waals surface area contributed by atoms with Crippen LogP contribution in [0.5, 0.6) is 5.75 Å². The van der Waals surface area contributed by atoms with Crippen molar-refractivity contribution in [2.45, 2.75) is 23.4 Å². The maximum Gasteiger partial charge on any atom is 0.238 e. The molecule has 0 radical (unpaired) electrons. The largest absolute Gasteiger partial charge is 0.497 e. The second-order valence-corrected chi connectivity index (χ2v) is 7.33. The summed E-state index contributed by atoms with van der Waals surface area (Å²) in [6.45, 7) is 4.30. The highest BCUT2D eigenvalue weighted by atomic mass is 32.2. The average molecular weight is 375 g/mol. The number of rotatable bonds is 3. The Morgan fingerprint density at radius 2 is 2.00 bits per heavy atom. The van der Waals surface area contributed by atoms with E-state index in [9.17, 15) is 4.79 Å². The van der Waals surface area contributed by atoms with Crippen LogP contribution in [0.4, 0.5) is 0 Å².